The number of imide groups is 1. The van der Waals surface area contributed by atoms with Gasteiger partial charge in [0.05, 0.1) is 17.7 Å². The van der Waals surface area contributed by atoms with Crippen molar-refractivity contribution in [2.45, 2.75) is 39.2 Å². The van der Waals surface area contributed by atoms with Crippen LogP contribution in [0.25, 0.3) is 0 Å². The number of nitrogens with one attached hydrogen (secondary N) is 1. The van der Waals surface area contributed by atoms with Crippen LogP contribution >= 0.6 is 0 Å². The zero-order chi connectivity index (χ0) is 22.4. The predicted molar refractivity (Wildman–Crippen MR) is 116 cm³/mol. The van der Waals surface area contributed by atoms with Crippen molar-refractivity contribution in [2.75, 3.05) is 19.7 Å². The minimum atomic E-state index is -0.512. The number of carbonyl (C=O) groups excluding carboxylic acids is 3. The van der Waals surface area contributed by atoms with Crippen LogP contribution in [-0.2, 0) is 11.2 Å². The summed E-state index contributed by atoms with van der Waals surface area (Å²) in [6, 6.07) is 14.5. The molecule has 0 aromatic heterocycles. The first-order chi connectivity index (χ1) is 14.7. The molecule has 0 fully saturated rings. The first kappa shape index (κ1) is 22.3. The lowest BCUT2D eigenvalue weighted by molar-refractivity contribution is 0.0527. The highest BCUT2D eigenvalue weighted by Gasteiger charge is 2.34. The van der Waals surface area contributed by atoms with Gasteiger partial charge in [0.2, 0.25) is 0 Å². The minimum Gasteiger partial charge on any atom is -0.494 e. The molecule has 0 atom stereocenters. The average molecular weight is 424 g/mol. The molecule has 2 aromatic carbocycles. The Morgan fingerprint density at radius 1 is 0.968 bits per heavy atom. The maximum absolute atomic E-state index is 12.3. The summed E-state index contributed by atoms with van der Waals surface area (Å²) in [6.07, 6.45) is 0.803. The largest absolute Gasteiger partial charge is 0.494 e. The van der Waals surface area contributed by atoms with E-state index in [1.165, 1.54) is 4.90 Å². The fourth-order valence-corrected chi connectivity index (χ4v) is 3.23. The van der Waals surface area contributed by atoms with E-state index in [2.05, 4.69) is 5.32 Å². The highest BCUT2D eigenvalue weighted by molar-refractivity contribution is 6.21. The fraction of sp³-hybridized carbons (Fsp3) is 0.375. The van der Waals surface area contributed by atoms with Crippen LogP contribution in [0.1, 0.15) is 53.5 Å². The normalized spacial score (nSPS) is 13.2. The van der Waals surface area contributed by atoms with Crippen molar-refractivity contribution in [1.29, 1.82) is 0 Å². The van der Waals surface area contributed by atoms with Gasteiger partial charge in [-0.15, -0.1) is 0 Å². The van der Waals surface area contributed by atoms with Crippen LogP contribution in [0.15, 0.2) is 48.5 Å². The van der Waals surface area contributed by atoms with Gasteiger partial charge in [-0.3, -0.25) is 14.5 Å². The molecule has 7 heteroatoms. The molecule has 0 saturated carbocycles. The second-order valence-electron chi connectivity index (χ2n) is 8.33. The SMILES string of the molecule is CC(C)(C)OC(=O)NCCc1ccc(OCCCN2C(=O)c3ccccc3C2=O)cc1. The third kappa shape index (κ3) is 6.07. The molecule has 0 aliphatic carbocycles. The van der Waals surface area contributed by atoms with E-state index in [4.69, 9.17) is 9.47 Å². The zero-order valence-electron chi connectivity index (χ0n) is 18.1. The second kappa shape index (κ2) is 9.64. The number of benzene rings is 2. The molecule has 3 rings (SSSR count). The van der Waals surface area contributed by atoms with Crippen LogP contribution in [0.3, 0.4) is 0 Å². The third-order valence-corrected chi connectivity index (χ3v) is 4.68. The highest BCUT2D eigenvalue weighted by atomic mass is 16.6. The van der Waals surface area contributed by atoms with Gasteiger partial charge < -0.3 is 14.8 Å². The lowest BCUT2D eigenvalue weighted by Gasteiger charge is -2.19. The molecule has 3 amide bonds. The number of nitrogens with zero attached hydrogens (tertiary/aromatic N) is 1. The Morgan fingerprint density at radius 3 is 2.16 bits per heavy atom. The Bertz CT molecular complexity index is 912. The molecule has 2 aromatic rings. The number of alkyl carbamates (subject to hydrolysis) is 1. The molecule has 0 saturated heterocycles. The molecule has 164 valence electrons. The fourth-order valence-electron chi connectivity index (χ4n) is 3.23. The van der Waals surface area contributed by atoms with Gasteiger partial charge in [0.1, 0.15) is 11.4 Å². The van der Waals surface area contributed by atoms with E-state index in [1.807, 2.05) is 45.0 Å². The Labute approximate surface area is 182 Å². The number of ether oxygens (including phenoxy) is 2. The first-order valence-electron chi connectivity index (χ1n) is 10.4. The second-order valence-corrected chi connectivity index (χ2v) is 8.33. The Balaban J connectivity index is 1.37. The standard InChI is InChI=1S/C24H28N2O5/c1-24(2,3)31-23(29)25-14-13-17-9-11-18(12-10-17)30-16-6-15-26-21(27)19-7-4-5-8-20(19)22(26)28/h4-5,7-12H,6,13-16H2,1-3H3,(H,25,29). The van der Waals surface area contributed by atoms with Crippen LogP contribution in [0.5, 0.6) is 5.75 Å². The number of hydrogen-bond acceptors (Lipinski definition) is 5. The number of amides is 3. The molecule has 0 unspecified atom stereocenters. The molecule has 0 spiro atoms. The van der Waals surface area contributed by atoms with Crippen LogP contribution in [0, 0.1) is 0 Å². The predicted octanol–water partition coefficient (Wildman–Crippen LogP) is 3.82. The number of hydrogen-bond donors (Lipinski definition) is 1. The zero-order valence-corrected chi connectivity index (χ0v) is 18.1. The van der Waals surface area contributed by atoms with Gasteiger partial charge in [-0.25, -0.2) is 4.79 Å². The van der Waals surface area contributed by atoms with Crippen molar-refractivity contribution in [3.63, 3.8) is 0 Å². The van der Waals surface area contributed by atoms with Gasteiger partial charge in [-0.05, 0) is 63.4 Å². The Morgan fingerprint density at radius 2 is 1.58 bits per heavy atom. The van der Waals surface area contributed by atoms with Crippen molar-refractivity contribution in [3.05, 3.63) is 65.2 Å². The highest BCUT2D eigenvalue weighted by Crippen LogP contribution is 2.22. The maximum atomic E-state index is 12.3. The molecular weight excluding hydrogens is 396 g/mol. The van der Waals surface area contributed by atoms with E-state index in [9.17, 15) is 14.4 Å². The summed E-state index contributed by atoms with van der Waals surface area (Å²) < 4.78 is 10.9. The molecule has 31 heavy (non-hydrogen) atoms. The van der Waals surface area contributed by atoms with E-state index in [-0.39, 0.29) is 11.8 Å². The summed E-state index contributed by atoms with van der Waals surface area (Å²) in [5.41, 5.74) is 1.48. The molecule has 0 bridgehead atoms. The smallest absolute Gasteiger partial charge is 0.407 e. The lowest BCUT2D eigenvalue weighted by Crippen LogP contribution is -2.33. The average Bonchev–Trinajstić information content (AvgIpc) is 2.96. The van der Waals surface area contributed by atoms with Gasteiger partial charge >= 0.3 is 6.09 Å². The molecule has 7 nitrogen and oxygen atoms in total. The number of fused-ring (bicyclic) bond motifs is 1. The van der Waals surface area contributed by atoms with Gasteiger partial charge in [-0.1, -0.05) is 24.3 Å². The number of rotatable bonds is 8. The van der Waals surface area contributed by atoms with Gasteiger partial charge in [-0.2, -0.15) is 0 Å². The summed E-state index contributed by atoms with van der Waals surface area (Å²) in [5.74, 6) is 0.223. The van der Waals surface area contributed by atoms with E-state index >= 15 is 0 Å². The van der Waals surface area contributed by atoms with E-state index in [1.54, 1.807) is 24.3 Å². The Hall–Kier alpha value is -3.35. The minimum absolute atomic E-state index is 0.245. The van der Waals surface area contributed by atoms with Gasteiger partial charge in [0, 0.05) is 13.1 Å². The summed E-state index contributed by atoms with van der Waals surface area (Å²) in [7, 11) is 0. The maximum Gasteiger partial charge on any atom is 0.407 e. The van der Waals surface area contributed by atoms with Crippen LogP contribution in [-0.4, -0.2) is 48.1 Å². The third-order valence-electron chi connectivity index (χ3n) is 4.68. The van der Waals surface area contributed by atoms with Crippen LogP contribution in [0.2, 0.25) is 0 Å². The van der Waals surface area contributed by atoms with Crippen LogP contribution in [0.4, 0.5) is 4.79 Å². The van der Waals surface area contributed by atoms with Gasteiger partial charge in [0.15, 0.2) is 0 Å². The summed E-state index contributed by atoms with van der Waals surface area (Å²) in [4.78, 5) is 37.6. The summed E-state index contributed by atoms with van der Waals surface area (Å²) in [5, 5.41) is 2.73. The van der Waals surface area contributed by atoms with Crippen molar-refractivity contribution in [1.82, 2.24) is 10.2 Å². The molecule has 1 N–H and O–H groups in total. The van der Waals surface area contributed by atoms with E-state index in [0.717, 1.165) is 5.56 Å². The monoisotopic (exact) mass is 424 g/mol. The van der Waals surface area contributed by atoms with E-state index < -0.39 is 11.7 Å². The molecule has 1 aliphatic heterocycles. The van der Waals surface area contributed by atoms with Crippen molar-refractivity contribution in [3.8, 4) is 5.75 Å². The topological polar surface area (TPSA) is 84.9 Å². The lowest BCUT2D eigenvalue weighted by atomic mass is 10.1. The molecule has 1 aliphatic rings. The first-order valence-corrected chi connectivity index (χ1v) is 10.4. The molecule has 1 heterocycles. The number of carbonyl (C=O) groups is 3. The van der Waals surface area contributed by atoms with Gasteiger partial charge in [0.25, 0.3) is 11.8 Å². The van der Waals surface area contributed by atoms with E-state index in [0.29, 0.717) is 49.4 Å². The molecular formula is C24H28N2O5. The molecule has 0 radical (unpaired) electrons. The van der Waals surface area contributed by atoms with Crippen molar-refractivity contribution >= 4 is 17.9 Å². The quantitative estimate of drug-likeness (QED) is 0.514. The Kier molecular flexibility index (Phi) is 6.95. The van der Waals surface area contributed by atoms with Crippen LogP contribution < -0.4 is 10.1 Å². The summed E-state index contributed by atoms with van der Waals surface area (Å²) >= 11 is 0. The van der Waals surface area contributed by atoms with Crippen molar-refractivity contribution in [2.24, 2.45) is 0 Å². The van der Waals surface area contributed by atoms with Crippen molar-refractivity contribution < 1.29 is 23.9 Å². The summed E-state index contributed by atoms with van der Waals surface area (Å²) in [6.45, 7) is 6.67.